The van der Waals surface area contributed by atoms with Crippen LogP contribution in [0.25, 0.3) is 0 Å². The van der Waals surface area contributed by atoms with Crippen LogP contribution < -0.4 is 0 Å². The Kier molecular flexibility index (Phi) is 44.1. The van der Waals surface area contributed by atoms with Crippen LogP contribution in [-0.4, -0.2) is 37.2 Å². The zero-order valence-corrected chi connectivity index (χ0v) is 38.0. The summed E-state index contributed by atoms with van der Waals surface area (Å²) in [5.41, 5.74) is 0. The average molecular weight is 819 g/mol. The molecule has 1 atom stereocenters. The van der Waals surface area contributed by atoms with E-state index >= 15 is 0 Å². The highest BCUT2D eigenvalue weighted by Gasteiger charge is 2.19. The third kappa shape index (κ3) is 45.3. The summed E-state index contributed by atoms with van der Waals surface area (Å²) in [5.74, 6) is -0.965. The molecule has 0 bridgehead atoms. The van der Waals surface area contributed by atoms with Crippen molar-refractivity contribution >= 4 is 17.9 Å². The van der Waals surface area contributed by atoms with Crippen molar-refractivity contribution in [2.24, 2.45) is 0 Å². The van der Waals surface area contributed by atoms with Gasteiger partial charge in [0.2, 0.25) is 0 Å². The topological polar surface area (TPSA) is 78.9 Å². The molecule has 0 spiro atoms. The number of esters is 3. The molecule has 0 aliphatic rings. The molecule has 0 aromatic rings. The minimum atomic E-state index is -0.801. The highest BCUT2D eigenvalue weighted by Crippen LogP contribution is 2.14. The summed E-state index contributed by atoms with van der Waals surface area (Å²) in [4.78, 5) is 37.8. The average Bonchev–Trinajstić information content (AvgIpc) is 3.23. The summed E-state index contributed by atoms with van der Waals surface area (Å²) in [6, 6.07) is 0. The molecule has 0 N–H and O–H groups in total. The Labute approximate surface area is 362 Å². The number of unbranched alkanes of at least 4 members (excludes halogenated alkanes) is 19. The van der Waals surface area contributed by atoms with Crippen LogP contribution in [0.15, 0.2) is 97.2 Å². The first-order valence-corrected chi connectivity index (χ1v) is 23.8. The first kappa shape index (κ1) is 55.3. The van der Waals surface area contributed by atoms with Gasteiger partial charge in [-0.15, -0.1) is 0 Å². The molecule has 0 amide bonds. The van der Waals surface area contributed by atoms with E-state index < -0.39 is 6.10 Å². The second-order valence-electron chi connectivity index (χ2n) is 15.4. The van der Waals surface area contributed by atoms with E-state index in [4.69, 9.17) is 14.2 Å². The molecular formula is C53H86O6. The summed E-state index contributed by atoms with van der Waals surface area (Å²) in [6.07, 6.45) is 61.0. The molecule has 59 heavy (non-hydrogen) atoms. The van der Waals surface area contributed by atoms with E-state index in [1.807, 2.05) is 60.8 Å². The van der Waals surface area contributed by atoms with Gasteiger partial charge in [-0.3, -0.25) is 14.4 Å². The number of rotatable bonds is 41. The molecule has 0 aliphatic heterocycles. The number of ether oxygens (including phenoxy) is 3. The van der Waals surface area contributed by atoms with Crippen molar-refractivity contribution in [2.45, 2.75) is 207 Å². The van der Waals surface area contributed by atoms with Crippen molar-refractivity contribution < 1.29 is 28.6 Å². The number of hydrogen-bond acceptors (Lipinski definition) is 6. The number of carbonyl (C=O) groups is 3. The van der Waals surface area contributed by atoms with Gasteiger partial charge in [-0.05, 0) is 64.2 Å². The van der Waals surface area contributed by atoms with E-state index in [1.54, 1.807) is 0 Å². The monoisotopic (exact) mass is 819 g/mol. The SMILES string of the molecule is CC\C=C/C=C\C=C/C=C\C=C\C=C/CCCCCC(=O)OCC(COC(=O)CCCCCCCCCCCCCC)OC(=O)CCCCCCC/C=C\C/C=C\CC. The van der Waals surface area contributed by atoms with Gasteiger partial charge >= 0.3 is 17.9 Å². The van der Waals surface area contributed by atoms with Gasteiger partial charge in [0.1, 0.15) is 13.2 Å². The molecule has 0 saturated heterocycles. The normalized spacial score (nSPS) is 12.9. The van der Waals surface area contributed by atoms with Crippen molar-refractivity contribution in [1.29, 1.82) is 0 Å². The lowest BCUT2D eigenvalue weighted by atomic mass is 10.0. The highest BCUT2D eigenvalue weighted by atomic mass is 16.6. The predicted molar refractivity (Wildman–Crippen MR) is 251 cm³/mol. The van der Waals surface area contributed by atoms with Crippen LogP contribution in [0.1, 0.15) is 201 Å². The Morgan fingerprint density at radius 3 is 1.24 bits per heavy atom. The van der Waals surface area contributed by atoms with Gasteiger partial charge in [0, 0.05) is 19.3 Å². The molecule has 0 fully saturated rings. The number of allylic oxidation sites excluding steroid dienone is 16. The fourth-order valence-electron chi connectivity index (χ4n) is 6.22. The van der Waals surface area contributed by atoms with E-state index in [-0.39, 0.29) is 31.1 Å². The van der Waals surface area contributed by atoms with Crippen LogP contribution >= 0.6 is 0 Å². The summed E-state index contributed by atoms with van der Waals surface area (Å²) >= 11 is 0. The number of carbonyl (C=O) groups excluding carboxylic acids is 3. The van der Waals surface area contributed by atoms with Crippen molar-refractivity contribution in [3.63, 3.8) is 0 Å². The van der Waals surface area contributed by atoms with Crippen LogP contribution in [0.5, 0.6) is 0 Å². The molecule has 0 radical (unpaired) electrons. The molecule has 0 heterocycles. The van der Waals surface area contributed by atoms with Crippen molar-refractivity contribution in [3.8, 4) is 0 Å². The van der Waals surface area contributed by atoms with E-state index in [9.17, 15) is 14.4 Å². The molecule has 6 nitrogen and oxygen atoms in total. The summed E-state index contributed by atoms with van der Waals surface area (Å²) in [5, 5.41) is 0. The zero-order valence-electron chi connectivity index (χ0n) is 38.0. The maximum atomic E-state index is 12.7. The third-order valence-corrected chi connectivity index (χ3v) is 9.75. The van der Waals surface area contributed by atoms with E-state index in [0.717, 1.165) is 103 Å². The lowest BCUT2D eigenvalue weighted by Gasteiger charge is -2.18. The quantitative estimate of drug-likeness (QED) is 0.0201. The van der Waals surface area contributed by atoms with Crippen LogP contribution in [0.2, 0.25) is 0 Å². The summed E-state index contributed by atoms with van der Waals surface area (Å²) in [7, 11) is 0. The highest BCUT2D eigenvalue weighted by molar-refractivity contribution is 5.71. The standard InChI is InChI=1S/C53H86O6/c1-4-7-10-13-16-19-22-25-26-27-28-29-32-34-37-40-43-46-52(55)58-49-50(59-53(56)47-44-41-38-35-31-24-21-18-15-12-9-6-3)48-57-51(54)45-42-39-36-33-30-23-20-17-14-11-8-5-2/h7,9-10,12-13,16,18-19,21-22,25-29,32,50H,4-6,8,11,14-15,17,20,23-24,30-31,33-49H2,1-3H3/b10-7-,12-9-,16-13-,21-18-,22-19-,26-25-,28-27+,32-29-. The van der Waals surface area contributed by atoms with E-state index in [2.05, 4.69) is 57.2 Å². The number of hydrogen-bond donors (Lipinski definition) is 0. The minimum Gasteiger partial charge on any atom is -0.462 e. The smallest absolute Gasteiger partial charge is 0.306 e. The van der Waals surface area contributed by atoms with Crippen LogP contribution in [0.3, 0.4) is 0 Å². The van der Waals surface area contributed by atoms with Gasteiger partial charge in [-0.25, -0.2) is 0 Å². The van der Waals surface area contributed by atoms with Gasteiger partial charge in [0.15, 0.2) is 6.10 Å². The summed E-state index contributed by atoms with van der Waals surface area (Å²) in [6.45, 7) is 6.31. The Morgan fingerprint density at radius 2 is 0.746 bits per heavy atom. The van der Waals surface area contributed by atoms with Crippen LogP contribution in [0.4, 0.5) is 0 Å². The first-order chi connectivity index (χ1) is 29.0. The van der Waals surface area contributed by atoms with Gasteiger partial charge in [0.25, 0.3) is 0 Å². The minimum absolute atomic E-state index is 0.0978. The predicted octanol–water partition coefficient (Wildman–Crippen LogP) is 15.4. The molecule has 334 valence electrons. The van der Waals surface area contributed by atoms with Crippen molar-refractivity contribution in [1.82, 2.24) is 0 Å². The van der Waals surface area contributed by atoms with Crippen LogP contribution in [-0.2, 0) is 28.6 Å². The molecule has 0 aliphatic carbocycles. The summed E-state index contributed by atoms with van der Waals surface area (Å²) < 4.78 is 16.7. The Balaban J connectivity index is 4.50. The Hall–Kier alpha value is -3.67. The largest absolute Gasteiger partial charge is 0.462 e. The van der Waals surface area contributed by atoms with E-state index in [0.29, 0.717) is 19.3 Å². The van der Waals surface area contributed by atoms with Gasteiger partial charge in [0.05, 0.1) is 0 Å². The van der Waals surface area contributed by atoms with Crippen molar-refractivity contribution in [3.05, 3.63) is 97.2 Å². The molecular weight excluding hydrogens is 733 g/mol. The Bertz CT molecular complexity index is 1220. The van der Waals surface area contributed by atoms with E-state index in [1.165, 1.54) is 57.8 Å². The first-order valence-electron chi connectivity index (χ1n) is 23.8. The maximum absolute atomic E-state index is 12.7. The Morgan fingerprint density at radius 1 is 0.373 bits per heavy atom. The van der Waals surface area contributed by atoms with Gasteiger partial charge < -0.3 is 14.2 Å². The molecule has 0 saturated carbocycles. The molecule has 1 unspecified atom stereocenters. The molecule has 0 aromatic heterocycles. The molecule has 0 rings (SSSR count). The molecule has 6 heteroatoms. The fourth-order valence-corrected chi connectivity index (χ4v) is 6.22. The van der Waals surface area contributed by atoms with Crippen LogP contribution in [0, 0.1) is 0 Å². The lowest BCUT2D eigenvalue weighted by Crippen LogP contribution is -2.30. The second kappa shape index (κ2) is 47.0. The third-order valence-electron chi connectivity index (χ3n) is 9.75. The van der Waals surface area contributed by atoms with Crippen molar-refractivity contribution in [2.75, 3.05) is 13.2 Å². The maximum Gasteiger partial charge on any atom is 0.306 e. The lowest BCUT2D eigenvalue weighted by molar-refractivity contribution is -0.167. The zero-order chi connectivity index (χ0) is 43.0. The molecule has 0 aromatic carbocycles. The van der Waals surface area contributed by atoms with Gasteiger partial charge in [-0.2, -0.15) is 0 Å². The van der Waals surface area contributed by atoms with Gasteiger partial charge in [-0.1, -0.05) is 214 Å². The fraction of sp³-hybridized carbons (Fsp3) is 0.642. The second-order valence-corrected chi connectivity index (χ2v) is 15.4.